The molecule has 1 atom stereocenters. The number of aromatic nitrogens is 2. The Morgan fingerprint density at radius 1 is 1.45 bits per heavy atom. The number of nitrogens with two attached hydrogens (primary N) is 1. The molecule has 128 valence electrons. The number of methoxy groups -OCH3 is 1. The molecule has 1 saturated heterocycles. The lowest BCUT2D eigenvalue weighted by Crippen LogP contribution is -2.48. The number of carbonyl (C=O) groups excluding carboxylic acids is 1. The van der Waals surface area contributed by atoms with Gasteiger partial charge in [0.05, 0.1) is 12.8 Å². The van der Waals surface area contributed by atoms with Crippen LogP contribution in [0.4, 0.5) is 0 Å². The van der Waals surface area contributed by atoms with Crippen LogP contribution in [0.5, 0.6) is 0 Å². The third kappa shape index (κ3) is 5.12. The zero-order valence-electron chi connectivity index (χ0n) is 13.1. The summed E-state index contributed by atoms with van der Waals surface area (Å²) in [7, 11) is 1.56. The molecule has 2 heterocycles. The average Bonchev–Trinajstić information content (AvgIpc) is 2.96. The minimum Gasteiger partial charge on any atom is -0.383 e. The van der Waals surface area contributed by atoms with Gasteiger partial charge in [0, 0.05) is 32.9 Å². The van der Waals surface area contributed by atoms with Crippen molar-refractivity contribution in [2.75, 3.05) is 26.8 Å². The van der Waals surface area contributed by atoms with Crippen LogP contribution < -0.4 is 5.73 Å². The average molecular weight is 353 g/mol. The molecule has 6 nitrogen and oxygen atoms in total. The first-order valence-corrected chi connectivity index (χ1v) is 7.21. The molecule has 1 aromatic rings. The summed E-state index contributed by atoms with van der Waals surface area (Å²) >= 11 is 0. The number of piperidine rings is 1. The van der Waals surface area contributed by atoms with Crippen molar-refractivity contribution in [3.05, 3.63) is 18.0 Å². The normalized spacial score (nSPS) is 16.6. The summed E-state index contributed by atoms with van der Waals surface area (Å²) in [6.45, 7) is 4.77. The van der Waals surface area contributed by atoms with E-state index in [0.717, 1.165) is 32.5 Å². The second-order valence-corrected chi connectivity index (χ2v) is 5.29. The molecule has 0 radical (unpaired) electrons. The first-order valence-electron chi connectivity index (χ1n) is 7.21. The van der Waals surface area contributed by atoms with E-state index >= 15 is 0 Å². The number of aryl methyl sites for hydroxylation is 1. The van der Waals surface area contributed by atoms with Crippen LogP contribution in [0.1, 0.15) is 31.2 Å². The molecule has 1 aromatic heterocycles. The summed E-state index contributed by atoms with van der Waals surface area (Å²) < 4.78 is 6.88. The van der Waals surface area contributed by atoms with Gasteiger partial charge in [-0.2, -0.15) is 5.10 Å². The van der Waals surface area contributed by atoms with Gasteiger partial charge < -0.3 is 15.4 Å². The second-order valence-electron chi connectivity index (χ2n) is 5.29. The summed E-state index contributed by atoms with van der Waals surface area (Å²) in [5, 5.41) is 4.32. The fourth-order valence-corrected chi connectivity index (χ4v) is 2.68. The Labute approximate surface area is 144 Å². The fourth-order valence-electron chi connectivity index (χ4n) is 2.68. The van der Waals surface area contributed by atoms with Crippen LogP contribution in [0.25, 0.3) is 0 Å². The first kappa shape index (κ1) is 21.2. The zero-order chi connectivity index (χ0) is 14.5. The van der Waals surface area contributed by atoms with Gasteiger partial charge in [-0.1, -0.05) is 0 Å². The van der Waals surface area contributed by atoms with Crippen molar-refractivity contribution in [2.24, 2.45) is 5.73 Å². The Morgan fingerprint density at radius 3 is 2.59 bits per heavy atom. The Bertz CT molecular complexity index is 448. The van der Waals surface area contributed by atoms with Crippen LogP contribution in [0.2, 0.25) is 0 Å². The van der Waals surface area contributed by atoms with Crippen molar-refractivity contribution in [1.29, 1.82) is 0 Å². The second kappa shape index (κ2) is 10.0. The first-order chi connectivity index (χ1) is 9.65. The van der Waals surface area contributed by atoms with Crippen LogP contribution in [0.3, 0.4) is 0 Å². The van der Waals surface area contributed by atoms with Crippen molar-refractivity contribution in [2.45, 2.75) is 38.3 Å². The zero-order valence-corrected chi connectivity index (χ0v) is 14.7. The van der Waals surface area contributed by atoms with E-state index in [1.165, 1.54) is 5.56 Å². The topological polar surface area (TPSA) is 73.4 Å². The Balaban J connectivity index is 0.00000220. The third-order valence-corrected chi connectivity index (χ3v) is 3.92. The maximum absolute atomic E-state index is 12.1. The van der Waals surface area contributed by atoms with Gasteiger partial charge in [0.15, 0.2) is 0 Å². The number of carbonyl (C=O) groups is 1. The van der Waals surface area contributed by atoms with Gasteiger partial charge in [0.1, 0.15) is 6.04 Å². The number of nitrogens with zero attached hydrogens (tertiary/aromatic N) is 3. The number of halogens is 2. The van der Waals surface area contributed by atoms with Gasteiger partial charge in [-0.25, -0.2) is 0 Å². The minimum absolute atomic E-state index is 0. The molecule has 2 N–H and O–H groups in total. The summed E-state index contributed by atoms with van der Waals surface area (Å²) in [6, 6.07) is -0.542. The van der Waals surface area contributed by atoms with Gasteiger partial charge in [0.25, 0.3) is 0 Å². The molecule has 8 heteroatoms. The van der Waals surface area contributed by atoms with E-state index in [-0.39, 0.29) is 37.3 Å². The van der Waals surface area contributed by atoms with Crippen LogP contribution in [0.15, 0.2) is 12.4 Å². The van der Waals surface area contributed by atoms with Gasteiger partial charge in [-0.05, 0) is 31.2 Å². The Hall–Kier alpha value is -0.820. The molecule has 0 spiro atoms. The van der Waals surface area contributed by atoms with E-state index in [9.17, 15) is 4.79 Å². The van der Waals surface area contributed by atoms with Crippen molar-refractivity contribution >= 4 is 30.7 Å². The highest BCUT2D eigenvalue weighted by molar-refractivity contribution is 5.85. The van der Waals surface area contributed by atoms with Crippen molar-refractivity contribution in [3.63, 3.8) is 0 Å². The number of amides is 1. The highest BCUT2D eigenvalue weighted by atomic mass is 35.5. The minimum atomic E-state index is -0.542. The molecular weight excluding hydrogens is 327 g/mol. The number of likely N-dealkylation sites (tertiary alicyclic amines) is 1. The van der Waals surface area contributed by atoms with E-state index in [1.54, 1.807) is 7.11 Å². The Morgan fingerprint density at radius 2 is 2.09 bits per heavy atom. The molecule has 0 aliphatic carbocycles. The van der Waals surface area contributed by atoms with E-state index in [0.29, 0.717) is 5.92 Å². The molecule has 1 aliphatic heterocycles. The third-order valence-electron chi connectivity index (χ3n) is 3.92. The van der Waals surface area contributed by atoms with Gasteiger partial charge in [-0.15, -0.1) is 24.8 Å². The van der Waals surface area contributed by atoms with Gasteiger partial charge >= 0.3 is 0 Å². The lowest BCUT2D eigenvalue weighted by Gasteiger charge is -2.33. The van der Waals surface area contributed by atoms with Crippen molar-refractivity contribution < 1.29 is 9.53 Å². The van der Waals surface area contributed by atoms with E-state index in [4.69, 9.17) is 10.5 Å². The highest BCUT2D eigenvalue weighted by Crippen LogP contribution is 2.27. The number of rotatable bonds is 5. The summed E-state index contributed by atoms with van der Waals surface area (Å²) in [6.07, 6.45) is 6.00. The molecule has 2 rings (SSSR count). The van der Waals surface area contributed by atoms with Gasteiger partial charge in [-0.3, -0.25) is 9.48 Å². The number of hydrogen-bond acceptors (Lipinski definition) is 4. The van der Waals surface area contributed by atoms with Crippen LogP contribution in [-0.2, 0) is 16.1 Å². The summed E-state index contributed by atoms with van der Waals surface area (Å²) in [4.78, 5) is 13.9. The monoisotopic (exact) mass is 352 g/mol. The predicted octanol–water partition coefficient (Wildman–Crippen LogP) is 1.43. The predicted molar refractivity (Wildman–Crippen MR) is 90.8 cm³/mol. The van der Waals surface area contributed by atoms with Crippen molar-refractivity contribution in [3.8, 4) is 0 Å². The number of ether oxygens (including phenoxy) is 1. The van der Waals surface area contributed by atoms with E-state index < -0.39 is 6.04 Å². The smallest absolute Gasteiger partial charge is 0.241 e. The SMILES string of the molecule is CCn1cc(C2CCN(C(=O)C(N)COC)CC2)cn1.Cl.Cl. The van der Waals surface area contributed by atoms with Crippen LogP contribution >= 0.6 is 24.8 Å². The summed E-state index contributed by atoms with van der Waals surface area (Å²) in [5.41, 5.74) is 7.07. The maximum Gasteiger partial charge on any atom is 0.241 e. The molecule has 1 aliphatic rings. The van der Waals surface area contributed by atoms with Crippen LogP contribution in [-0.4, -0.2) is 53.4 Å². The summed E-state index contributed by atoms with van der Waals surface area (Å²) in [5.74, 6) is 0.493. The van der Waals surface area contributed by atoms with Crippen molar-refractivity contribution in [1.82, 2.24) is 14.7 Å². The fraction of sp³-hybridized carbons (Fsp3) is 0.714. The molecule has 1 unspecified atom stereocenters. The molecular formula is C14H26Cl2N4O2. The van der Waals surface area contributed by atoms with Crippen LogP contribution in [0, 0.1) is 0 Å². The number of hydrogen-bond donors (Lipinski definition) is 1. The largest absolute Gasteiger partial charge is 0.383 e. The Kier molecular flexibility index (Phi) is 9.67. The molecule has 22 heavy (non-hydrogen) atoms. The molecule has 0 aromatic carbocycles. The lowest BCUT2D eigenvalue weighted by atomic mass is 9.91. The van der Waals surface area contributed by atoms with E-state index in [1.807, 2.05) is 15.8 Å². The van der Waals surface area contributed by atoms with E-state index in [2.05, 4.69) is 18.2 Å². The molecule has 0 saturated carbocycles. The highest BCUT2D eigenvalue weighted by Gasteiger charge is 2.27. The lowest BCUT2D eigenvalue weighted by molar-refractivity contribution is -0.134. The maximum atomic E-state index is 12.1. The molecule has 1 fully saturated rings. The molecule has 0 bridgehead atoms. The standard InChI is InChI=1S/C14H24N4O2.2ClH/c1-3-18-9-12(8-16-18)11-4-6-17(7-5-11)14(19)13(15)10-20-2;;/h8-9,11,13H,3-7,10,15H2,1-2H3;2*1H. The quantitative estimate of drug-likeness (QED) is 0.869. The molecule has 1 amide bonds. The van der Waals surface area contributed by atoms with Gasteiger partial charge in [0.2, 0.25) is 5.91 Å².